The van der Waals surface area contributed by atoms with Crippen molar-refractivity contribution in [3.05, 3.63) is 112 Å². The minimum Gasteiger partial charge on any atom is -0.467 e. The Morgan fingerprint density at radius 1 is 1.00 bits per heavy atom. The highest BCUT2D eigenvalue weighted by molar-refractivity contribution is 7.98. The number of hydrogen-bond donors (Lipinski definition) is 1. The molecule has 5 rings (SSSR count). The van der Waals surface area contributed by atoms with Gasteiger partial charge in [-0.15, -0.1) is 21.5 Å². The van der Waals surface area contributed by atoms with Crippen molar-refractivity contribution in [1.82, 2.24) is 25.1 Å². The molecule has 0 unspecified atom stereocenters. The maximum absolute atomic E-state index is 12.4. The molecule has 1 amide bonds. The molecule has 3 aromatic heterocycles. The average molecular weight is 488 g/mol. The molecule has 170 valence electrons. The molecule has 0 aliphatic rings. The third-order valence-corrected chi connectivity index (χ3v) is 7.00. The monoisotopic (exact) mass is 487 g/mol. The zero-order chi connectivity index (χ0) is 23.2. The molecule has 3 heterocycles. The normalized spacial score (nSPS) is 10.9. The Bertz CT molecular complexity index is 1350. The number of hydrogen-bond acceptors (Lipinski definition) is 7. The van der Waals surface area contributed by atoms with Gasteiger partial charge in [0, 0.05) is 17.5 Å². The number of carbonyl (C=O) groups excluding carboxylic acids is 1. The molecule has 2 aromatic carbocycles. The van der Waals surface area contributed by atoms with E-state index in [4.69, 9.17) is 4.42 Å². The van der Waals surface area contributed by atoms with Gasteiger partial charge in [-0.05, 0) is 29.8 Å². The van der Waals surface area contributed by atoms with Crippen LogP contribution in [0.1, 0.15) is 32.6 Å². The summed E-state index contributed by atoms with van der Waals surface area (Å²) in [5.74, 6) is 1.94. The highest BCUT2D eigenvalue weighted by Gasteiger charge is 2.17. The molecular weight excluding hydrogens is 466 g/mol. The summed E-state index contributed by atoms with van der Waals surface area (Å²) in [6.07, 6.45) is 2.26. The number of furan rings is 1. The lowest BCUT2D eigenvalue weighted by molar-refractivity contribution is 0.0943. The minimum absolute atomic E-state index is 0.221. The van der Waals surface area contributed by atoms with Crippen LogP contribution in [0.2, 0.25) is 0 Å². The van der Waals surface area contributed by atoms with Crippen LogP contribution < -0.4 is 5.32 Å². The first-order chi connectivity index (χ1) is 16.8. The van der Waals surface area contributed by atoms with Crippen molar-refractivity contribution in [1.29, 1.82) is 0 Å². The molecule has 0 aliphatic heterocycles. The Morgan fingerprint density at radius 2 is 1.79 bits per heavy atom. The summed E-state index contributed by atoms with van der Waals surface area (Å²) in [6, 6.07) is 23.9. The van der Waals surface area contributed by atoms with Gasteiger partial charge in [-0.1, -0.05) is 60.3 Å². The van der Waals surface area contributed by atoms with Gasteiger partial charge in [0.2, 0.25) is 0 Å². The Morgan fingerprint density at radius 3 is 2.56 bits per heavy atom. The van der Waals surface area contributed by atoms with E-state index in [1.165, 1.54) is 16.9 Å². The maximum atomic E-state index is 12.4. The first kappa shape index (κ1) is 22.1. The quantitative estimate of drug-likeness (QED) is 0.290. The van der Waals surface area contributed by atoms with Crippen LogP contribution in [-0.2, 0) is 18.7 Å². The predicted molar refractivity (Wildman–Crippen MR) is 132 cm³/mol. The van der Waals surface area contributed by atoms with Crippen molar-refractivity contribution >= 4 is 29.0 Å². The fraction of sp³-hybridized carbons (Fsp3) is 0.120. The fourth-order valence-corrected chi connectivity index (χ4v) is 5.16. The van der Waals surface area contributed by atoms with Crippen LogP contribution in [0.5, 0.6) is 0 Å². The van der Waals surface area contributed by atoms with E-state index in [0.717, 1.165) is 21.7 Å². The second-order valence-electron chi connectivity index (χ2n) is 7.41. The highest BCUT2D eigenvalue weighted by Crippen LogP contribution is 2.27. The number of thiazole rings is 1. The highest BCUT2D eigenvalue weighted by atomic mass is 32.2. The first-order valence-electron chi connectivity index (χ1n) is 10.7. The van der Waals surface area contributed by atoms with Crippen molar-refractivity contribution in [2.24, 2.45) is 0 Å². The minimum atomic E-state index is -0.221. The molecule has 0 saturated heterocycles. The number of carbonyl (C=O) groups is 1. The number of nitrogens with one attached hydrogen (secondary N) is 1. The van der Waals surface area contributed by atoms with Crippen molar-refractivity contribution in [2.45, 2.75) is 23.9 Å². The van der Waals surface area contributed by atoms with Crippen LogP contribution in [0.15, 0.2) is 94.0 Å². The molecule has 7 nitrogen and oxygen atoms in total. The molecule has 0 bridgehead atoms. The zero-order valence-corrected chi connectivity index (χ0v) is 19.8. The van der Waals surface area contributed by atoms with Crippen molar-refractivity contribution < 1.29 is 9.21 Å². The number of thioether (sulfide) groups is 1. The van der Waals surface area contributed by atoms with Gasteiger partial charge >= 0.3 is 0 Å². The summed E-state index contributed by atoms with van der Waals surface area (Å²) in [4.78, 5) is 16.9. The molecular formula is C25H21N5O2S2. The molecule has 0 atom stereocenters. The lowest BCUT2D eigenvalue weighted by Gasteiger charge is -2.10. The van der Waals surface area contributed by atoms with Gasteiger partial charge in [0.1, 0.15) is 22.3 Å². The summed E-state index contributed by atoms with van der Waals surface area (Å²) >= 11 is 3.01. The molecule has 5 aromatic rings. The van der Waals surface area contributed by atoms with Gasteiger partial charge in [-0.25, -0.2) is 4.98 Å². The van der Waals surface area contributed by atoms with E-state index < -0.39 is 0 Å². The van der Waals surface area contributed by atoms with Crippen LogP contribution in [-0.4, -0.2) is 25.7 Å². The Labute approximate surface area is 204 Å². The summed E-state index contributed by atoms with van der Waals surface area (Å²) in [5.41, 5.74) is 2.59. The summed E-state index contributed by atoms with van der Waals surface area (Å²) in [6.45, 7) is 0.331. The second kappa shape index (κ2) is 10.5. The Balaban J connectivity index is 1.29. The van der Waals surface area contributed by atoms with Gasteiger partial charge in [0.05, 0.1) is 18.6 Å². The van der Waals surface area contributed by atoms with E-state index >= 15 is 0 Å². The number of benzene rings is 2. The van der Waals surface area contributed by atoms with E-state index in [2.05, 4.69) is 37.2 Å². The third-order valence-electron chi connectivity index (χ3n) is 5.03. The van der Waals surface area contributed by atoms with Crippen LogP contribution in [0, 0.1) is 0 Å². The molecule has 34 heavy (non-hydrogen) atoms. The third kappa shape index (κ3) is 5.27. The SMILES string of the molecule is O=C(NCc1ccco1)c1csc(CSc2nnc(Cc3ccccc3)n2-c2ccccc2)n1. The lowest BCUT2D eigenvalue weighted by atomic mass is 10.1. The number of para-hydroxylation sites is 1. The van der Waals surface area contributed by atoms with Crippen molar-refractivity contribution in [3.63, 3.8) is 0 Å². The number of aromatic nitrogens is 4. The van der Waals surface area contributed by atoms with Gasteiger partial charge in [0.15, 0.2) is 5.16 Å². The van der Waals surface area contributed by atoms with E-state index in [1.807, 2.05) is 54.6 Å². The fourth-order valence-electron chi connectivity index (χ4n) is 3.40. The maximum Gasteiger partial charge on any atom is 0.271 e. The van der Waals surface area contributed by atoms with E-state index in [0.29, 0.717) is 30.2 Å². The average Bonchev–Trinajstić information content (AvgIpc) is 3.64. The summed E-state index contributed by atoms with van der Waals surface area (Å²) in [7, 11) is 0. The first-order valence-corrected chi connectivity index (χ1v) is 12.5. The Hall–Kier alpha value is -3.69. The molecule has 0 saturated carbocycles. The zero-order valence-electron chi connectivity index (χ0n) is 18.1. The van der Waals surface area contributed by atoms with E-state index in [9.17, 15) is 4.79 Å². The largest absolute Gasteiger partial charge is 0.467 e. The van der Waals surface area contributed by atoms with Crippen molar-refractivity contribution in [2.75, 3.05) is 0 Å². The number of amides is 1. The lowest BCUT2D eigenvalue weighted by Crippen LogP contribution is -2.22. The molecule has 0 radical (unpaired) electrons. The standard InChI is InChI=1S/C25H21N5O2S2/c31-24(26-15-20-12-7-13-32-20)21-16-33-23(27-21)17-34-25-29-28-22(14-18-8-3-1-4-9-18)30(25)19-10-5-2-6-11-19/h1-13,16H,14-15,17H2,(H,26,31). The van der Waals surface area contributed by atoms with Gasteiger partial charge in [-0.3, -0.25) is 9.36 Å². The van der Waals surface area contributed by atoms with E-state index in [-0.39, 0.29) is 5.91 Å². The Kier molecular flexibility index (Phi) is 6.83. The van der Waals surface area contributed by atoms with E-state index in [1.54, 1.807) is 29.5 Å². The predicted octanol–water partition coefficient (Wildman–Crippen LogP) is 5.13. The second-order valence-corrected chi connectivity index (χ2v) is 9.29. The molecule has 1 N–H and O–H groups in total. The number of nitrogens with zero attached hydrogens (tertiary/aromatic N) is 4. The van der Waals surface area contributed by atoms with Crippen LogP contribution in [0.4, 0.5) is 0 Å². The summed E-state index contributed by atoms with van der Waals surface area (Å²) < 4.78 is 7.33. The van der Waals surface area contributed by atoms with Crippen LogP contribution >= 0.6 is 23.1 Å². The van der Waals surface area contributed by atoms with Crippen LogP contribution in [0.3, 0.4) is 0 Å². The molecule has 9 heteroatoms. The van der Waals surface area contributed by atoms with Gasteiger partial charge in [-0.2, -0.15) is 0 Å². The topological polar surface area (TPSA) is 85.8 Å². The van der Waals surface area contributed by atoms with Crippen molar-refractivity contribution in [3.8, 4) is 5.69 Å². The van der Waals surface area contributed by atoms with Crippen LogP contribution in [0.25, 0.3) is 5.69 Å². The van der Waals surface area contributed by atoms with Gasteiger partial charge < -0.3 is 9.73 Å². The molecule has 0 spiro atoms. The summed E-state index contributed by atoms with van der Waals surface area (Å²) in [5, 5.41) is 15.2. The smallest absolute Gasteiger partial charge is 0.271 e. The van der Waals surface area contributed by atoms with Gasteiger partial charge in [0.25, 0.3) is 5.91 Å². The number of rotatable bonds is 9. The molecule has 0 fully saturated rings. The molecule has 0 aliphatic carbocycles.